The summed E-state index contributed by atoms with van der Waals surface area (Å²) in [6.07, 6.45) is 3.27. The Labute approximate surface area is 115 Å². The van der Waals surface area contributed by atoms with Crippen molar-refractivity contribution < 1.29 is 0 Å². The van der Waals surface area contributed by atoms with Gasteiger partial charge < -0.3 is 5.73 Å². The number of rotatable bonds is 1. The van der Waals surface area contributed by atoms with Gasteiger partial charge in [-0.3, -0.25) is 9.97 Å². The molecule has 0 aliphatic carbocycles. The average Bonchev–Trinajstić information content (AvgIpc) is 2.46. The molecule has 0 spiro atoms. The fourth-order valence-electron chi connectivity index (χ4n) is 1.96. The van der Waals surface area contributed by atoms with Gasteiger partial charge >= 0.3 is 0 Å². The molecule has 0 saturated carbocycles. The lowest BCUT2D eigenvalue weighted by Gasteiger charge is -2.06. The number of hydrogen-bond donors (Lipinski definition) is 1. The van der Waals surface area contributed by atoms with Crippen molar-refractivity contribution in [2.75, 3.05) is 5.73 Å². The van der Waals surface area contributed by atoms with Crippen LogP contribution in [-0.2, 0) is 0 Å². The highest BCUT2D eigenvalue weighted by molar-refractivity contribution is 5.79. The molecule has 6 nitrogen and oxygen atoms in total. The van der Waals surface area contributed by atoms with Crippen molar-refractivity contribution in [1.29, 1.82) is 5.26 Å². The molecule has 3 rings (SSSR count). The van der Waals surface area contributed by atoms with Gasteiger partial charge in [0.05, 0.1) is 16.7 Å². The maximum absolute atomic E-state index is 8.97. The fourth-order valence-corrected chi connectivity index (χ4v) is 1.96. The molecule has 0 saturated heterocycles. The molecule has 0 aliphatic heterocycles. The van der Waals surface area contributed by atoms with E-state index in [4.69, 9.17) is 11.0 Å². The topological polar surface area (TPSA) is 101 Å². The number of nitrogens with zero attached hydrogens (tertiary/aromatic N) is 5. The van der Waals surface area contributed by atoms with E-state index in [1.54, 1.807) is 19.3 Å². The van der Waals surface area contributed by atoms with Crippen LogP contribution in [-0.4, -0.2) is 19.9 Å². The summed E-state index contributed by atoms with van der Waals surface area (Å²) in [4.78, 5) is 16.9. The Hall–Kier alpha value is -3.07. The molecule has 0 fully saturated rings. The first-order chi connectivity index (χ1) is 9.69. The summed E-state index contributed by atoms with van der Waals surface area (Å²) in [5.74, 6) is 0.667. The third kappa shape index (κ3) is 1.91. The summed E-state index contributed by atoms with van der Waals surface area (Å²) in [6, 6.07) is 7.56. The Kier molecular flexibility index (Phi) is 2.73. The lowest BCUT2D eigenvalue weighted by atomic mass is 10.1. The smallest absolute Gasteiger partial charge is 0.161 e. The van der Waals surface area contributed by atoms with Gasteiger partial charge in [0.1, 0.15) is 17.5 Å². The number of aromatic nitrogens is 4. The minimum absolute atomic E-state index is 0.189. The van der Waals surface area contributed by atoms with Crippen LogP contribution >= 0.6 is 0 Å². The zero-order valence-electron chi connectivity index (χ0n) is 10.7. The number of nitrogens with two attached hydrogens (primary N) is 1. The Bertz CT molecular complexity index is 827. The van der Waals surface area contributed by atoms with Crippen molar-refractivity contribution in [2.24, 2.45) is 0 Å². The molecule has 96 valence electrons. The van der Waals surface area contributed by atoms with Crippen LogP contribution in [0.1, 0.15) is 11.3 Å². The van der Waals surface area contributed by atoms with Crippen LogP contribution in [0.5, 0.6) is 0 Å². The molecule has 0 radical (unpaired) electrons. The molecular weight excluding hydrogens is 252 g/mol. The first-order valence-corrected chi connectivity index (χ1v) is 5.94. The molecule has 3 aromatic rings. The normalized spacial score (nSPS) is 10.4. The second-order valence-corrected chi connectivity index (χ2v) is 4.26. The lowest BCUT2D eigenvalue weighted by molar-refractivity contribution is 1.10. The summed E-state index contributed by atoms with van der Waals surface area (Å²) in [6.45, 7) is 1.74. The van der Waals surface area contributed by atoms with Crippen molar-refractivity contribution in [3.05, 3.63) is 41.9 Å². The Morgan fingerprint density at radius 1 is 1.10 bits per heavy atom. The molecule has 2 heterocycles. The lowest BCUT2D eigenvalue weighted by Crippen LogP contribution is -2.02. The van der Waals surface area contributed by atoms with Crippen molar-refractivity contribution in [3.63, 3.8) is 0 Å². The van der Waals surface area contributed by atoms with Gasteiger partial charge in [-0.2, -0.15) is 5.26 Å². The van der Waals surface area contributed by atoms with Gasteiger partial charge in [0.25, 0.3) is 0 Å². The van der Waals surface area contributed by atoms with Gasteiger partial charge in [0, 0.05) is 18.0 Å². The molecule has 20 heavy (non-hydrogen) atoms. The van der Waals surface area contributed by atoms with Crippen LogP contribution in [0.2, 0.25) is 0 Å². The van der Waals surface area contributed by atoms with Gasteiger partial charge in [0.15, 0.2) is 5.82 Å². The molecule has 6 heteroatoms. The third-order valence-electron chi connectivity index (χ3n) is 2.96. The van der Waals surface area contributed by atoms with Crippen molar-refractivity contribution >= 4 is 16.9 Å². The van der Waals surface area contributed by atoms with E-state index in [2.05, 4.69) is 19.9 Å². The minimum atomic E-state index is 0.189. The SMILES string of the molecule is Cc1nc(-c2ccc3nccnc3c2)nc(N)c1C#N. The Morgan fingerprint density at radius 2 is 1.85 bits per heavy atom. The summed E-state index contributed by atoms with van der Waals surface area (Å²) >= 11 is 0. The van der Waals surface area contributed by atoms with Crippen LogP contribution in [0, 0.1) is 18.3 Å². The molecule has 0 amide bonds. The highest BCUT2D eigenvalue weighted by atomic mass is 15.0. The quantitative estimate of drug-likeness (QED) is 0.718. The number of nitrogen functional groups attached to an aromatic ring is 1. The number of fused-ring (bicyclic) bond motifs is 1. The van der Waals surface area contributed by atoms with Crippen molar-refractivity contribution in [3.8, 4) is 17.5 Å². The van der Waals surface area contributed by atoms with E-state index in [1.165, 1.54) is 0 Å². The van der Waals surface area contributed by atoms with E-state index in [-0.39, 0.29) is 5.82 Å². The van der Waals surface area contributed by atoms with Gasteiger partial charge in [-0.25, -0.2) is 9.97 Å². The Balaban J connectivity index is 2.18. The zero-order valence-corrected chi connectivity index (χ0v) is 10.7. The largest absolute Gasteiger partial charge is 0.382 e. The van der Waals surface area contributed by atoms with Crippen molar-refractivity contribution in [2.45, 2.75) is 6.92 Å². The summed E-state index contributed by atoms with van der Waals surface area (Å²) in [7, 11) is 0. The number of anilines is 1. The van der Waals surface area contributed by atoms with Crippen LogP contribution in [0.3, 0.4) is 0 Å². The van der Waals surface area contributed by atoms with E-state index >= 15 is 0 Å². The molecule has 0 bridgehead atoms. The summed E-state index contributed by atoms with van der Waals surface area (Å²) < 4.78 is 0. The number of nitriles is 1. The number of aryl methyl sites for hydroxylation is 1. The van der Waals surface area contributed by atoms with Gasteiger partial charge in [0.2, 0.25) is 0 Å². The molecular formula is C14H10N6. The fraction of sp³-hybridized carbons (Fsp3) is 0.0714. The summed E-state index contributed by atoms with van der Waals surface area (Å²) in [5, 5.41) is 8.97. The first-order valence-electron chi connectivity index (χ1n) is 5.94. The third-order valence-corrected chi connectivity index (χ3v) is 2.96. The standard InChI is InChI=1S/C14H10N6/c1-8-10(7-15)13(16)20-14(19-8)9-2-3-11-12(6-9)18-5-4-17-11/h2-6H,1H3,(H2,16,19,20). The van der Waals surface area contributed by atoms with Crippen molar-refractivity contribution in [1.82, 2.24) is 19.9 Å². The van der Waals surface area contributed by atoms with E-state index in [0.717, 1.165) is 16.6 Å². The van der Waals surface area contributed by atoms with Gasteiger partial charge in [-0.05, 0) is 25.1 Å². The van der Waals surface area contributed by atoms with E-state index in [9.17, 15) is 0 Å². The highest BCUT2D eigenvalue weighted by Crippen LogP contribution is 2.22. The number of benzene rings is 1. The van der Waals surface area contributed by atoms with Gasteiger partial charge in [-0.1, -0.05) is 0 Å². The predicted octanol–water partition coefficient (Wildman–Crippen LogP) is 1.85. The molecule has 1 aromatic carbocycles. The second kappa shape index (κ2) is 4.55. The maximum Gasteiger partial charge on any atom is 0.161 e. The monoisotopic (exact) mass is 262 g/mol. The molecule has 0 aliphatic rings. The average molecular weight is 262 g/mol. The van der Waals surface area contributed by atoms with Crippen LogP contribution in [0.4, 0.5) is 5.82 Å². The molecule has 2 aromatic heterocycles. The van der Waals surface area contributed by atoms with Crippen LogP contribution < -0.4 is 5.73 Å². The minimum Gasteiger partial charge on any atom is -0.382 e. The van der Waals surface area contributed by atoms with E-state index < -0.39 is 0 Å². The maximum atomic E-state index is 8.97. The van der Waals surface area contributed by atoms with Crippen LogP contribution in [0.15, 0.2) is 30.6 Å². The zero-order chi connectivity index (χ0) is 14.1. The summed E-state index contributed by atoms with van der Waals surface area (Å²) in [5.41, 5.74) is 9.01. The Morgan fingerprint density at radius 3 is 2.55 bits per heavy atom. The molecule has 2 N–H and O–H groups in total. The van der Waals surface area contributed by atoms with E-state index in [0.29, 0.717) is 17.1 Å². The van der Waals surface area contributed by atoms with Gasteiger partial charge in [-0.15, -0.1) is 0 Å². The first kappa shape index (κ1) is 12.0. The number of hydrogen-bond acceptors (Lipinski definition) is 6. The predicted molar refractivity (Wildman–Crippen MR) is 74.4 cm³/mol. The molecule has 0 atom stereocenters. The highest BCUT2D eigenvalue weighted by Gasteiger charge is 2.10. The molecule has 0 unspecified atom stereocenters. The van der Waals surface area contributed by atoms with Crippen LogP contribution in [0.25, 0.3) is 22.4 Å². The second-order valence-electron chi connectivity index (χ2n) is 4.26. The van der Waals surface area contributed by atoms with E-state index in [1.807, 2.05) is 24.3 Å².